The number of fused-ring (bicyclic) bond motifs is 1. The molecule has 0 fully saturated rings. The quantitative estimate of drug-likeness (QED) is 0.151. The molecule has 10 nitrogen and oxygen atoms in total. The molecule has 1 amide bonds. The number of nitrogens with one attached hydrogen (secondary N) is 2. The molecular formula is C28H35B2N7O3. The number of hydrogen-bond donors (Lipinski definition) is 3. The summed E-state index contributed by atoms with van der Waals surface area (Å²) in [4.78, 5) is 25.4. The minimum atomic E-state index is -0.952. The first-order valence-electron chi connectivity index (χ1n) is 13.0. The molecule has 0 unspecified atom stereocenters. The van der Waals surface area contributed by atoms with Crippen LogP contribution < -0.4 is 20.3 Å². The maximum Gasteiger partial charge on any atom is 0.247 e. The average molecular weight is 539 g/mol. The molecule has 12 heteroatoms. The van der Waals surface area contributed by atoms with Crippen LogP contribution in [0.15, 0.2) is 67.5 Å². The van der Waals surface area contributed by atoms with Crippen LogP contribution >= 0.6 is 0 Å². The number of carbonyl (C=O) groups excluding carboxylic acids is 1. The number of hydrogen-bond acceptors (Lipinski definition) is 8. The normalized spacial score (nSPS) is 11.4. The van der Waals surface area contributed by atoms with Gasteiger partial charge in [0.15, 0.2) is 0 Å². The molecule has 4 aromatic rings. The number of anilines is 4. The van der Waals surface area contributed by atoms with Gasteiger partial charge < -0.3 is 29.9 Å². The number of aliphatic hydroxyl groups is 1. The lowest BCUT2D eigenvalue weighted by Gasteiger charge is -2.33. The Morgan fingerprint density at radius 1 is 1.20 bits per heavy atom. The summed E-state index contributed by atoms with van der Waals surface area (Å²) in [7, 11) is 10.8. The van der Waals surface area contributed by atoms with Crippen molar-refractivity contribution in [3.63, 3.8) is 0 Å². The number of ether oxygens (including phenoxy) is 1. The van der Waals surface area contributed by atoms with Crippen LogP contribution in [-0.4, -0.2) is 86.0 Å². The molecular weight excluding hydrogens is 504 g/mol. The van der Waals surface area contributed by atoms with Gasteiger partial charge in [-0.15, -0.1) is 0 Å². The highest BCUT2D eigenvalue weighted by Gasteiger charge is 2.21. The molecule has 0 saturated carbocycles. The summed E-state index contributed by atoms with van der Waals surface area (Å²) in [5.74, 6) is 0.597. The van der Waals surface area contributed by atoms with Gasteiger partial charge in [0.25, 0.3) is 0 Å². The lowest BCUT2D eigenvalue weighted by atomic mass is 9.72. The largest absolute Gasteiger partial charge is 0.494 e. The number of aryl methyl sites for hydroxylation is 1. The molecule has 4 rings (SSSR count). The summed E-state index contributed by atoms with van der Waals surface area (Å²) in [6.45, 7) is 4.76. The molecule has 0 atom stereocenters. The monoisotopic (exact) mass is 539 g/mol. The van der Waals surface area contributed by atoms with E-state index in [1.54, 1.807) is 35.1 Å². The van der Waals surface area contributed by atoms with Gasteiger partial charge >= 0.3 is 0 Å². The maximum absolute atomic E-state index is 12.3. The average Bonchev–Trinajstić information content (AvgIpc) is 3.27. The Labute approximate surface area is 236 Å². The lowest BCUT2D eigenvalue weighted by molar-refractivity contribution is -0.111. The minimum absolute atomic E-state index is 0.339. The number of rotatable bonds is 11. The molecule has 40 heavy (non-hydrogen) atoms. The fraction of sp³-hybridized carbons (Fsp3) is 0.250. The highest BCUT2D eigenvalue weighted by atomic mass is 16.5. The van der Waals surface area contributed by atoms with Crippen LogP contribution in [0.2, 0.25) is 0 Å². The first-order chi connectivity index (χ1) is 19.0. The summed E-state index contributed by atoms with van der Waals surface area (Å²) in [5, 5.41) is 17.5. The Balaban J connectivity index is 1.67. The number of amides is 1. The lowest BCUT2D eigenvalue weighted by Crippen LogP contribution is -2.50. The van der Waals surface area contributed by atoms with E-state index < -0.39 is 5.52 Å². The number of aromatic nitrogens is 3. The predicted octanol–water partition coefficient (Wildman–Crippen LogP) is 1.75. The molecule has 2 aromatic carbocycles. The summed E-state index contributed by atoms with van der Waals surface area (Å²) in [5.41, 5.74) is 3.83. The second-order valence-corrected chi connectivity index (χ2v) is 10.2. The van der Waals surface area contributed by atoms with E-state index in [-0.39, 0.29) is 5.91 Å². The summed E-state index contributed by atoms with van der Waals surface area (Å²) in [6.07, 6.45) is 4.99. The van der Waals surface area contributed by atoms with Crippen molar-refractivity contribution in [2.45, 2.75) is 5.52 Å². The number of carbonyl (C=O) groups is 1. The van der Waals surface area contributed by atoms with Gasteiger partial charge in [0.1, 0.15) is 21.4 Å². The van der Waals surface area contributed by atoms with Gasteiger partial charge in [0, 0.05) is 67.6 Å². The zero-order chi connectivity index (χ0) is 29.0. The van der Waals surface area contributed by atoms with E-state index in [1.807, 2.05) is 55.2 Å². The van der Waals surface area contributed by atoms with E-state index in [0.717, 1.165) is 27.8 Å². The third kappa shape index (κ3) is 6.30. The molecule has 3 N–H and O–H groups in total. The third-order valence-corrected chi connectivity index (χ3v) is 6.95. The van der Waals surface area contributed by atoms with Gasteiger partial charge in [-0.05, 0) is 31.3 Å². The predicted molar refractivity (Wildman–Crippen MR) is 167 cm³/mol. The SMILES string of the molecule is BC(B)(O)N(C)CCN(C)c1cc(OC)c(Nc2nccc(-c3cn(C)c4ccccc34)n2)cc1NC(=O)C=C. The van der Waals surface area contributed by atoms with Gasteiger partial charge in [0.2, 0.25) is 11.9 Å². The molecule has 0 spiro atoms. The Kier molecular flexibility index (Phi) is 8.51. The second-order valence-electron chi connectivity index (χ2n) is 10.2. The van der Waals surface area contributed by atoms with Crippen molar-refractivity contribution in [3.8, 4) is 17.0 Å². The van der Waals surface area contributed by atoms with E-state index >= 15 is 0 Å². The fourth-order valence-electron chi connectivity index (χ4n) is 4.36. The van der Waals surface area contributed by atoms with Gasteiger partial charge in [-0.25, -0.2) is 9.97 Å². The highest BCUT2D eigenvalue weighted by Crippen LogP contribution is 2.38. The van der Waals surface area contributed by atoms with Crippen LogP contribution in [0.25, 0.3) is 22.2 Å². The molecule has 0 aliphatic carbocycles. The van der Waals surface area contributed by atoms with Crippen molar-refractivity contribution in [1.82, 2.24) is 19.4 Å². The summed E-state index contributed by atoms with van der Waals surface area (Å²) >= 11 is 0. The van der Waals surface area contributed by atoms with E-state index in [1.165, 1.54) is 6.08 Å². The van der Waals surface area contributed by atoms with Crippen molar-refractivity contribution >= 4 is 55.5 Å². The Bertz CT molecular complexity index is 1530. The first-order valence-corrected chi connectivity index (χ1v) is 13.0. The van der Waals surface area contributed by atoms with Gasteiger partial charge in [0.05, 0.1) is 29.9 Å². The first kappa shape index (κ1) is 28.7. The second kappa shape index (κ2) is 11.8. The van der Waals surface area contributed by atoms with E-state index in [4.69, 9.17) is 9.72 Å². The smallest absolute Gasteiger partial charge is 0.247 e. The molecule has 0 aliphatic rings. The van der Waals surface area contributed by atoms with Crippen LogP contribution in [0.5, 0.6) is 5.75 Å². The van der Waals surface area contributed by atoms with Crippen LogP contribution in [0.1, 0.15) is 0 Å². The molecule has 2 heterocycles. The summed E-state index contributed by atoms with van der Waals surface area (Å²) < 4.78 is 7.79. The van der Waals surface area contributed by atoms with E-state index in [2.05, 4.69) is 45.1 Å². The highest BCUT2D eigenvalue weighted by molar-refractivity contribution is 6.38. The Morgan fingerprint density at radius 2 is 1.95 bits per heavy atom. The number of para-hydroxylation sites is 1. The van der Waals surface area contributed by atoms with Crippen LogP contribution in [0, 0.1) is 0 Å². The molecule has 0 saturated heterocycles. The van der Waals surface area contributed by atoms with Crippen LogP contribution in [0.3, 0.4) is 0 Å². The third-order valence-electron chi connectivity index (χ3n) is 6.95. The number of benzene rings is 2. The van der Waals surface area contributed by atoms with Crippen LogP contribution in [-0.2, 0) is 11.8 Å². The van der Waals surface area contributed by atoms with Crippen molar-refractivity contribution < 1.29 is 14.6 Å². The van der Waals surface area contributed by atoms with Crippen molar-refractivity contribution in [3.05, 3.63) is 67.5 Å². The molecule has 206 valence electrons. The van der Waals surface area contributed by atoms with Crippen molar-refractivity contribution in [1.29, 1.82) is 0 Å². The van der Waals surface area contributed by atoms with Gasteiger partial charge in [-0.3, -0.25) is 9.69 Å². The molecule has 2 aromatic heterocycles. The Hall–Kier alpha value is -4.28. The Morgan fingerprint density at radius 3 is 2.65 bits per heavy atom. The zero-order valence-electron chi connectivity index (χ0n) is 23.9. The number of methoxy groups -OCH3 is 1. The summed E-state index contributed by atoms with van der Waals surface area (Å²) in [6, 6.07) is 13.7. The van der Waals surface area contributed by atoms with E-state index in [9.17, 15) is 9.90 Å². The zero-order valence-corrected chi connectivity index (χ0v) is 23.9. The molecule has 0 aliphatic heterocycles. The minimum Gasteiger partial charge on any atom is -0.494 e. The standard InChI is InChI=1S/C28H35B2N7O3/c1-6-26(38)32-21-15-22(25(40-5)16-24(21)35(2)13-14-37(4)28(29,30)39)34-27-31-12-11-20(33-27)19-17-36(3)23-10-8-7-9-18(19)23/h6-12,15-17,39H,1,13-14,29-30H2,2-5H3,(H,32,38)(H,31,33,34). The van der Waals surface area contributed by atoms with E-state index in [0.29, 0.717) is 36.2 Å². The molecule has 0 radical (unpaired) electrons. The fourth-order valence-corrected chi connectivity index (χ4v) is 4.36. The van der Waals surface area contributed by atoms with Gasteiger partial charge in [-0.1, -0.05) is 24.8 Å². The number of likely N-dealkylation sites (N-methyl/N-ethyl adjacent to an activating group) is 2. The number of nitrogens with zero attached hydrogens (tertiary/aromatic N) is 5. The van der Waals surface area contributed by atoms with Crippen LogP contribution in [0.4, 0.5) is 23.0 Å². The maximum atomic E-state index is 12.3. The van der Waals surface area contributed by atoms with Gasteiger partial charge in [-0.2, -0.15) is 0 Å². The van der Waals surface area contributed by atoms with Crippen molar-refractivity contribution in [2.24, 2.45) is 7.05 Å². The topological polar surface area (TPSA) is 108 Å². The van der Waals surface area contributed by atoms with Crippen molar-refractivity contribution in [2.75, 3.05) is 49.8 Å². The molecule has 0 bridgehead atoms.